The molecule has 0 aliphatic heterocycles. The third-order valence-corrected chi connectivity index (χ3v) is 2.36. The van der Waals surface area contributed by atoms with Crippen molar-refractivity contribution in [1.82, 2.24) is 0 Å². The van der Waals surface area contributed by atoms with E-state index in [9.17, 15) is 9.59 Å². The maximum Gasteiger partial charge on any atom is 0.330 e. The van der Waals surface area contributed by atoms with Crippen LogP contribution in [0.25, 0.3) is 0 Å². The summed E-state index contributed by atoms with van der Waals surface area (Å²) in [5.41, 5.74) is 0. The van der Waals surface area contributed by atoms with Crippen molar-refractivity contribution in [3.05, 3.63) is 25.3 Å². The van der Waals surface area contributed by atoms with Crippen molar-refractivity contribution < 1.29 is 46.4 Å². The van der Waals surface area contributed by atoms with E-state index in [1.165, 1.54) is 22.0 Å². The summed E-state index contributed by atoms with van der Waals surface area (Å²) in [4.78, 5) is 23.8. The summed E-state index contributed by atoms with van der Waals surface area (Å²) in [6.07, 6.45) is 2.29. The molecule has 0 fully saturated rings. The van der Waals surface area contributed by atoms with Gasteiger partial charge in [0.15, 0.2) is 0 Å². The van der Waals surface area contributed by atoms with Crippen molar-refractivity contribution in [2.45, 2.75) is 26.1 Å². The number of quaternary nitrogens is 2. The minimum Gasteiger partial charge on any atom is -0.759 e. The molecule has 0 rings (SSSR count). The molecule has 0 spiro atoms. The topological polar surface area (TPSA) is 142 Å². The minimum absolute atomic E-state index is 0.0366. The molecule has 0 aromatic carbocycles. The Morgan fingerprint density at radius 3 is 1.26 bits per heavy atom. The van der Waals surface area contributed by atoms with Crippen LogP contribution in [0.4, 0.5) is 0 Å². The highest BCUT2D eigenvalue weighted by Gasteiger charge is 2.09. The molecule has 11 heteroatoms. The molecule has 0 aliphatic rings. The molecule has 0 aromatic rings. The molecule has 0 aliphatic carbocycles. The third-order valence-electron chi connectivity index (χ3n) is 2.36. The van der Waals surface area contributed by atoms with Gasteiger partial charge in [-0.05, 0) is 13.8 Å². The van der Waals surface area contributed by atoms with E-state index in [4.69, 9.17) is 27.0 Å². The highest BCUT2D eigenvalue weighted by Crippen LogP contribution is 1.88. The molecule has 27 heavy (non-hydrogen) atoms. The van der Waals surface area contributed by atoms with E-state index in [0.717, 1.165) is 13.1 Å². The molecular formula is C16H32N2O8S. The molecule has 0 saturated carbocycles. The summed E-state index contributed by atoms with van der Waals surface area (Å²) >= 11 is 0. The van der Waals surface area contributed by atoms with Gasteiger partial charge < -0.3 is 28.4 Å². The van der Waals surface area contributed by atoms with Crippen LogP contribution in [0.5, 0.6) is 0 Å². The Labute approximate surface area is 162 Å². The average molecular weight is 413 g/mol. The fourth-order valence-corrected chi connectivity index (χ4v) is 1.73. The number of carbonyl (C=O) groups is 2. The molecular weight excluding hydrogens is 380 g/mol. The molecule has 0 radical (unpaired) electrons. The first-order valence-corrected chi connectivity index (χ1v) is 9.36. The Bertz CT molecular complexity index is 505. The molecule has 0 aromatic heterocycles. The predicted molar refractivity (Wildman–Crippen MR) is 97.3 cm³/mol. The zero-order valence-corrected chi connectivity index (χ0v) is 17.6. The number of likely N-dealkylation sites (N-methyl/N-ethyl adjacent to an activating group) is 2. The Balaban J connectivity index is -0.000000344. The number of carbonyl (C=O) groups excluding carboxylic acids is 2. The van der Waals surface area contributed by atoms with E-state index in [0.29, 0.717) is 0 Å². The first-order valence-electron chi connectivity index (χ1n) is 8.03. The summed E-state index contributed by atoms with van der Waals surface area (Å²) < 4.78 is 43.9. The number of hydrogen-bond donors (Lipinski definition) is 2. The molecule has 160 valence electrons. The Hall–Kier alpha value is -1.79. The van der Waals surface area contributed by atoms with Crippen LogP contribution >= 0.6 is 0 Å². The highest BCUT2D eigenvalue weighted by atomic mass is 32.3. The Morgan fingerprint density at radius 2 is 1.11 bits per heavy atom. The number of hydrogen-bond acceptors (Lipinski definition) is 8. The fraction of sp³-hybridized carbons (Fsp3) is 0.625. The second kappa shape index (κ2) is 16.4. The maximum absolute atomic E-state index is 10.7. The Kier molecular flexibility index (Phi) is 18.2. The third kappa shape index (κ3) is 36.0. The summed E-state index contributed by atoms with van der Waals surface area (Å²) in [6.45, 7) is 12.0. The van der Waals surface area contributed by atoms with Gasteiger partial charge >= 0.3 is 11.9 Å². The van der Waals surface area contributed by atoms with Crippen LogP contribution in [0.3, 0.4) is 0 Å². The quantitative estimate of drug-likeness (QED) is 0.188. The van der Waals surface area contributed by atoms with E-state index >= 15 is 0 Å². The first-order chi connectivity index (χ1) is 12.1. The van der Waals surface area contributed by atoms with E-state index in [-0.39, 0.29) is 24.1 Å². The van der Waals surface area contributed by atoms with Crippen molar-refractivity contribution in [3.8, 4) is 0 Å². The van der Waals surface area contributed by atoms with Gasteiger partial charge in [-0.3, -0.25) is 8.42 Å². The Morgan fingerprint density at radius 1 is 0.889 bits per heavy atom. The highest BCUT2D eigenvalue weighted by molar-refractivity contribution is 7.79. The maximum atomic E-state index is 10.7. The van der Waals surface area contributed by atoms with Gasteiger partial charge in [0, 0.05) is 22.6 Å². The fourth-order valence-electron chi connectivity index (χ4n) is 1.73. The van der Waals surface area contributed by atoms with Crippen molar-refractivity contribution >= 4 is 22.3 Å². The summed E-state index contributed by atoms with van der Waals surface area (Å²) in [6, 6.07) is 0. The molecule has 0 amide bonds. The van der Waals surface area contributed by atoms with Gasteiger partial charge in [0.05, 0.1) is 28.2 Å². The summed E-state index contributed by atoms with van der Waals surface area (Å²) in [5.74, 6) is -0.697. The second-order valence-corrected chi connectivity index (χ2v) is 6.95. The molecule has 0 bridgehead atoms. The van der Waals surface area contributed by atoms with Gasteiger partial charge in [0.25, 0.3) is 0 Å². The lowest BCUT2D eigenvalue weighted by atomic mass is 10.4. The monoisotopic (exact) mass is 412 g/mol. The van der Waals surface area contributed by atoms with E-state index in [1.54, 1.807) is 0 Å². The van der Waals surface area contributed by atoms with E-state index < -0.39 is 10.4 Å². The second-order valence-electron chi connectivity index (χ2n) is 6.13. The molecule has 0 heterocycles. The largest absolute Gasteiger partial charge is 0.759 e. The van der Waals surface area contributed by atoms with E-state index in [1.807, 2.05) is 42.0 Å². The molecule has 2 N–H and O–H groups in total. The van der Waals surface area contributed by atoms with Gasteiger partial charge in [-0.2, -0.15) is 0 Å². The van der Waals surface area contributed by atoms with Gasteiger partial charge in [0.2, 0.25) is 0 Å². The van der Waals surface area contributed by atoms with Crippen molar-refractivity contribution in [1.29, 1.82) is 0 Å². The zero-order valence-electron chi connectivity index (χ0n) is 16.8. The van der Waals surface area contributed by atoms with Crippen LogP contribution in [-0.4, -0.2) is 83.0 Å². The van der Waals surface area contributed by atoms with Gasteiger partial charge in [0.1, 0.15) is 25.3 Å². The van der Waals surface area contributed by atoms with Crippen LogP contribution in [0.1, 0.15) is 13.8 Å². The van der Waals surface area contributed by atoms with Gasteiger partial charge in [-0.25, -0.2) is 9.59 Å². The first kappa shape index (κ1) is 30.0. The molecule has 2 atom stereocenters. The standard InChI is InChI=1S/2C8H15NO2.H2O4S/c2*1-5-8(10)11-7(2)6-9(3)4;1-5(2,3)4/h2*5,7H,1,6H2,2-4H3;(H2,1,2,3,4). The van der Waals surface area contributed by atoms with Crippen LogP contribution < -0.4 is 9.80 Å². The zero-order chi connectivity index (χ0) is 22.2. The lowest BCUT2D eigenvalue weighted by molar-refractivity contribution is -0.861. The summed E-state index contributed by atoms with van der Waals surface area (Å²) in [7, 11) is 2.88. The average Bonchev–Trinajstić information content (AvgIpc) is 2.43. The van der Waals surface area contributed by atoms with Crippen molar-refractivity contribution in [2.75, 3.05) is 41.3 Å². The number of rotatable bonds is 8. The van der Waals surface area contributed by atoms with Crippen LogP contribution in [0.2, 0.25) is 0 Å². The number of nitrogens with one attached hydrogen (secondary N) is 2. The van der Waals surface area contributed by atoms with E-state index in [2.05, 4.69) is 13.2 Å². The molecule has 2 unspecified atom stereocenters. The van der Waals surface area contributed by atoms with Crippen LogP contribution in [0.15, 0.2) is 25.3 Å². The van der Waals surface area contributed by atoms with Gasteiger partial charge in [-0.1, -0.05) is 13.2 Å². The smallest absolute Gasteiger partial charge is 0.330 e. The summed E-state index contributed by atoms with van der Waals surface area (Å²) in [5, 5.41) is 0. The van der Waals surface area contributed by atoms with Crippen molar-refractivity contribution in [2.24, 2.45) is 0 Å². The van der Waals surface area contributed by atoms with Gasteiger partial charge in [-0.15, -0.1) is 0 Å². The van der Waals surface area contributed by atoms with Crippen LogP contribution in [-0.2, 0) is 29.5 Å². The number of esters is 2. The minimum atomic E-state index is -5.17. The molecule has 0 saturated heterocycles. The SMILES string of the molecule is C=CC(=O)OC(C)C[NH+](C)C.C=CC(=O)OC(C)C[NH+](C)C.O=S(=O)([O-])[O-]. The van der Waals surface area contributed by atoms with Crippen LogP contribution in [0, 0.1) is 0 Å². The van der Waals surface area contributed by atoms with Crippen molar-refractivity contribution in [3.63, 3.8) is 0 Å². The number of ether oxygens (including phenoxy) is 2. The molecule has 10 nitrogen and oxygen atoms in total. The predicted octanol–water partition coefficient (Wildman–Crippen LogP) is -2.84. The lowest BCUT2D eigenvalue weighted by Gasteiger charge is -2.13. The normalized spacial score (nSPS) is 12.5. The lowest BCUT2D eigenvalue weighted by Crippen LogP contribution is -3.06.